The topological polar surface area (TPSA) is 107 Å². The number of amides is 2. The van der Waals surface area contributed by atoms with Crippen LogP contribution in [-0.2, 0) is 16.1 Å². The molecule has 0 atom stereocenters. The molecule has 3 heterocycles. The van der Waals surface area contributed by atoms with E-state index in [0.29, 0.717) is 17.3 Å². The molecule has 1 aliphatic rings. The molecule has 0 saturated carbocycles. The molecule has 0 fully saturated rings. The van der Waals surface area contributed by atoms with E-state index in [-0.39, 0.29) is 17.5 Å². The van der Waals surface area contributed by atoms with Crippen molar-refractivity contribution in [1.29, 1.82) is 0 Å². The maximum Gasteiger partial charge on any atom is 0.333 e. The summed E-state index contributed by atoms with van der Waals surface area (Å²) in [6.45, 7) is 3.69. The van der Waals surface area contributed by atoms with E-state index in [9.17, 15) is 14.4 Å². The Balaban J connectivity index is 1.47. The lowest BCUT2D eigenvalue weighted by Crippen LogP contribution is -2.32. The van der Waals surface area contributed by atoms with Crippen LogP contribution in [0.3, 0.4) is 0 Å². The fourth-order valence-electron chi connectivity index (χ4n) is 3.14. The van der Waals surface area contributed by atoms with Crippen molar-refractivity contribution in [1.82, 2.24) is 24.6 Å². The summed E-state index contributed by atoms with van der Waals surface area (Å²) in [5.74, 6) is -1.46. The number of fused-ring (bicyclic) bond motifs is 2. The number of aromatic nitrogens is 4. The summed E-state index contributed by atoms with van der Waals surface area (Å²) in [6, 6.07) is 6.34. The van der Waals surface area contributed by atoms with Gasteiger partial charge in [-0.2, -0.15) is 10.1 Å². The molecular formula is C18H15N5O4. The van der Waals surface area contributed by atoms with Gasteiger partial charge in [0.05, 0.1) is 17.5 Å². The van der Waals surface area contributed by atoms with E-state index in [1.54, 1.807) is 16.6 Å². The first kappa shape index (κ1) is 16.8. The number of hydrogen-bond donors (Lipinski definition) is 0. The van der Waals surface area contributed by atoms with E-state index in [0.717, 1.165) is 17.0 Å². The molecule has 27 heavy (non-hydrogen) atoms. The van der Waals surface area contributed by atoms with Gasteiger partial charge in [-0.25, -0.2) is 14.3 Å². The summed E-state index contributed by atoms with van der Waals surface area (Å²) in [7, 11) is 0. The highest BCUT2D eigenvalue weighted by atomic mass is 16.7. The van der Waals surface area contributed by atoms with Gasteiger partial charge >= 0.3 is 5.97 Å². The molecule has 0 unspecified atom stereocenters. The maximum atomic E-state index is 12.2. The molecule has 0 saturated heterocycles. The predicted molar refractivity (Wildman–Crippen MR) is 91.6 cm³/mol. The summed E-state index contributed by atoms with van der Waals surface area (Å²) in [4.78, 5) is 50.1. The summed E-state index contributed by atoms with van der Waals surface area (Å²) in [6.07, 6.45) is 1.73. The van der Waals surface area contributed by atoms with Crippen LogP contribution in [0.2, 0.25) is 0 Å². The first-order chi connectivity index (χ1) is 13.0. The minimum Gasteiger partial charge on any atom is -0.330 e. The molecule has 0 spiro atoms. The molecule has 1 aliphatic heterocycles. The molecule has 0 N–H and O–H groups in total. The van der Waals surface area contributed by atoms with Crippen molar-refractivity contribution in [3.05, 3.63) is 58.7 Å². The first-order valence-electron chi connectivity index (χ1n) is 8.32. The zero-order chi connectivity index (χ0) is 19.1. The van der Waals surface area contributed by atoms with Gasteiger partial charge in [-0.15, -0.1) is 0 Å². The Morgan fingerprint density at radius 3 is 2.44 bits per heavy atom. The molecule has 3 aromatic rings. The summed E-state index contributed by atoms with van der Waals surface area (Å²) >= 11 is 0. The van der Waals surface area contributed by atoms with Gasteiger partial charge in [-0.3, -0.25) is 9.59 Å². The average molecular weight is 365 g/mol. The monoisotopic (exact) mass is 365 g/mol. The van der Waals surface area contributed by atoms with Crippen molar-refractivity contribution >= 4 is 23.6 Å². The lowest BCUT2D eigenvalue weighted by Gasteiger charge is -2.13. The number of benzene rings is 1. The SMILES string of the molecule is Cc1nc2ncnn2c(C)c1CCC(=O)ON1C(=O)c2ccccc2C1=O. The molecule has 0 radical (unpaired) electrons. The van der Waals surface area contributed by atoms with Gasteiger partial charge in [0.15, 0.2) is 0 Å². The third kappa shape index (κ3) is 2.73. The third-order valence-electron chi connectivity index (χ3n) is 4.52. The molecule has 2 amide bonds. The van der Waals surface area contributed by atoms with Gasteiger partial charge in [0, 0.05) is 11.4 Å². The number of carbonyl (C=O) groups is 3. The van der Waals surface area contributed by atoms with Gasteiger partial charge in [0.1, 0.15) is 6.33 Å². The van der Waals surface area contributed by atoms with Gasteiger partial charge in [0.25, 0.3) is 17.6 Å². The van der Waals surface area contributed by atoms with E-state index in [1.807, 2.05) is 13.8 Å². The van der Waals surface area contributed by atoms with Gasteiger partial charge < -0.3 is 4.84 Å². The second-order valence-electron chi connectivity index (χ2n) is 6.15. The lowest BCUT2D eigenvalue weighted by molar-refractivity contribution is -0.168. The average Bonchev–Trinajstić information content (AvgIpc) is 3.21. The minimum absolute atomic E-state index is 0.0169. The highest BCUT2D eigenvalue weighted by Gasteiger charge is 2.38. The van der Waals surface area contributed by atoms with Crippen LogP contribution in [-0.4, -0.2) is 42.4 Å². The standard InChI is InChI=1S/C18H15N5O4/c1-10-12(11(2)22-18(21-10)19-9-20-22)7-8-15(24)27-23-16(25)13-5-3-4-6-14(13)17(23)26/h3-6,9H,7-8H2,1-2H3. The second kappa shape index (κ2) is 6.27. The number of nitrogens with zero attached hydrogens (tertiary/aromatic N) is 5. The summed E-state index contributed by atoms with van der Waals surface area (Å²) in [5.41, 5.74) is 2.85. The summed E-state index contributed by atoms with van der Waals surface area (Å²) in [5, 5.41) is 4.62. The fraction of sp³-hybridized carbons (Fsp3) is 0.222. The normalized spacial score (nSPS) is 13.3. The largest absolute Gasteiger partial charge is 0.333 e. The van der Waals surface area contributed by atoms with Crippen LogP contribution in [0.5, 0.6) is 0 Å². The number of hydrogen-bond acceptors (Lipinski definition) is 7. The number of hydroxylamine groups is 2. The number of imide groups is 1. The fourth-order valence-corrected chi connectivity index (χ4v) is 3.14. The lowest BCUT2D eigenvalue weighted by atomic mass is 10.1. The third-order valence-corrected chi connectivity index (χ3v) is 4.52. The Hall–Kier alpha value is -3.62. The Labute approximate surface area is 153 Å². The molecule has 9 nitrogen and oxygen atoms in total. The van der Waals surface area contributed by atoms with Gasteiger partial charge in [-0.1, -0.05) is 17.2 Å². The highest BCUT2D eigenvalue weighted by Crippen LogP contribution is 2.23. The number of carbonyl (C=O) groups excluding carboxylic acids is 3. The van der Waals surface area contributed by atoms with Crippen molar-refractivity contribution in [2.45, 2.75) is 26.7 Å². The van der Waals surface area contributed by atoms with E-state index in [4.69, 9.17) is 4.84 Å². The van der Waals surface area contributed by atoms with Crippen molar-refractivity contribution in [3.63, 3.8) is 0 Å². The zero-order valence-corrected chi connectivity index (χ0v) is 14.7. The van der Waals surface area contributed by atoms with Gasteiger partial charge in [0.2, 0.25) is 0 Å². The first-order valence-corrected chi connectivity index (χ1v) is 8.32. The molecule has 0 aliphatic carbocycles. The smallest absolute Gasteiger partial charge is 0.330 e. The van der Waals surface area contributed by atoms with Crippen LogP contribution in [0.15, 0.2) is 30.6 Å². The zero-order valence-electron chi connectivity index (χ0n) is 14.7. The molecule has 136 valence electrons. The van der Waals surface area contributed by atoms with Crippen LogP contribution in [0.4, 0.5) is 0 Å². The van der Waals surface area contributed by atoms with Crippen LogP contribution < -0.4 is 0 Å². The maximum absolute atomic E-state index is 12.2. The van der Waals surface area contributed by atoms with Crippen molar-refractivity contribution < 1.29 is 19.2 Å². The van der Waals surface area contributed by atoms with Crippen LogP contribution in [0.1, 0.15) is 44.1 Å². The van der Waals surface area contributed by atoms with E-state index >= 15 is 0 Å². The van der Waals surface area contributed by atoms with Crippen LogP contribution in [0.25, 0.3) is 5.78 Å². The summed E-state index contributed by atoms with van der Waals surface area (Å²) < 4.78 is 1.60. The van der Waals surface area contributed by atoms with Crippen LogP contribution >= 0.6 is 0 Å². The van der Waals surface area contributed by atoms with Crippen molar-refractivity contribution in [2.24, 2.45) is 0 Å². The van der Waals surface area contributed by atoms with E-state index in [2.05, 4.69) is 15.1 Å². The van der Waals surface area contributed by atoms with Crippen molar-refractivity contribution in [3.8, 4) is 0 Å². The van der Waals surface area contributed by atoms with E-state index in [1.165, 1.54) is 18.5 Å². The Kier molecular flexibility index (Phi) is 3.91. The molecule has 9 heteroatoms. The Morgan fingerprint density at radius 1 is 1.11 bits per heavy atom. The second-order valence-corrected chi connectivity index (χ2v) is 6.15. The molecule has 0 bridgehead atoms. The Morgan fingerprint density at radius 2 is 1.78 bits per heavy atom. The molecular weight excluding hydrogens is 350 g/mol. The molecule has 2 aromatic heterocycles. The van der Waals surface area contributed by atoms with Crippen molar-refractivity contribution in [2.75, 3.05) is 0 Å². The number of aryl methyl sites for hydroxylation is 2. The quantitative estimate of drug-likeness (QED) is 0.644. The van der Waals surface area contributed by atoms with Gasteiger partial charge in [-0.05, 0) is 38.0 Å². The highest BCUT2D eigenvalue weighted by molar-refractivity contribution is 6.20. The van der Waals surface area contributed by atoms with Crippen LogP contribution in [0, 0.1) is 13.8 Å². The predicted octanol–water partition coefficient (Wildman–Crippen LogP) is 1.43. The Bertz CT molecular complexity index is 1070. The number of rotatable bonds is 4. The minimum atomic E-state index is -0.679. The molecule has 1 aromatic carbocycles. The molecule has 4 rings (SSSR count). The van der Waals surface area contributed by atoms with E-state index < -0.39 is 17.8 Å².